The lowest BCUT2D eigenvalue weighted by Gasteiger charge is -1.96. The first kappa shape index (κ1) is 13.7. The van der Waals surface area contributed by atoms with Crippen LogP contribution in [0.5, 0.6) is 0 Å². The topological polar surface area (TPSA) is 43.1 Å². The third-order valence-electron chi connectivity index (χ3n) is 2.12. The maximum atomic E-state index is 10.7. The summed E-state index contributed by atoms with van der Waals surface area (Å²) in [5, 5.41) is 0. The number of allylic oxidation sites excluding steroid dienone is 5. The van der Waals surface area contributed by atoms with Gasteiger partial charge in [-0.15, -0.1) is 0 Å². The summed E-state index contributed by atoms with van der Waals surface area (Å²) in [6, 6.07) is 9.93. The molecule has 0 aliphatic rings. The first-order valence-electron chi connectivity index (χ1n) is 5.66. The van der Waals surface area contributed by atoms with Gasteiger partial charge in [-0.25, -0.2) is 0 Å². The highest BCUT2D eigenvalue weighted by Crippen LogP contribution is 2.08. The summed E-state index contributed by atoms with van der Waals surface area (Å²) in [5.74, 6) is -0.462. The molecular weight excluding hydrogens is 222 g/mol. The SMILES string of the molecule is C=C(C)C=C(C=CC(N)=O)C=Cc1ccccc1. The van der Waals surface area contributed by atoms with Crippen LogP contribution in [0.2, 0.25) is 0 Å². The molecule has 0 saturated carbocycles. The molecule has 0 saturated heterocycles. The molecule has 1 aromatic carbocycles. The number of carbonyl (C=O) groups excluding carboxylic acids is 1. The molecule has 0 atom stereocenters. The van der Waals surface area contributed by atoms with Gasteiger partial charge in [0.2, 0.25) is 5.91 Å². The van der Waals surface area contributed by atoms with E-state index in [-0.39, 0.29) is 0 Å². The minimum Gasteiger partial charge on any atom is -0.366 e. The molecule has 0 heterocycles. The van der Waals surface area contributed by atoms with E-state index in [4.69, 9.17) is 5.73 Å². The van der Waals surface area contributed by atoms with Crippen LogP contribution in [-0.2, 0) is 4.79 Å². The second-order valence-corrected chi connectivity index (χ2v) is 3.97. The molecule has 0 spiro atoms. The lowest BCUT2D eigenvalue weighted by molar-refractivity contribution is -0.113. The molecule has 0 aliphatic carbocycles. The Bertz CT molecular complexity index is 507. The van der Waals surface area contributed by atoms with Crippen LogP contribution in [0.25, 0.3) is 6.08 Å². The summed E-state index contributed by atoms with van der Waals surface area (Å²) in [7, 11) is 0. The largest absolute Gasteiger partial charge is 0.366 e. The Morgan fingerprint density at radius 1 is 1.17 bits per heavy atom. The molecule has 2 N–H and O–H groups in total. The third kappa shape index (κ3) is 5.66. The Kier molecular flexibility index (Phi) is 5.39. The Morgan fingerprint density at radius 2 is 1.83 bits per heavy atom. The van der Waals surface area contributed by atoms with Crippen LogP contribution in [0.15, 0.2) is 72.4 Å². The maximum Gasteiger partial charge on any atom is 0.241 e. The van der Waals surface area contributed by atoms with E-state index in [2.05, 4.69) is 6.58 Å². The van der Waals surface area contributed by atoms with Gasteiger partial charge in [0.25, 0.3) is 0 Å². The van der Waals surface area contributed by atoms with Crippen molar-refractivity contribution in [1.29, 1.82) is 0 Å². The lowest BCUT2D eigenvalue weighted by atomic mass is 10.1. The Balaban J connectivity index is 2.89. The van der Waals surface area contributed by atoms with Gasteiger partial charge < -0.3 is 5.73 Å². The summed E-state index contributed by atoms with van der Waals surface area (Å²) in [4.78, 5) is 10.7. The highest BCUT2D eigenvalue weighted by molar-refractivity contribution is 5.86. The number of primary amides is 1. The van der Waals surface area contributed by atoms with Crippen molar-refractivity contribution in [2.24, 2.45) is 5.73 Å². The molecule has 0 fully saturated rings. The molecule has 0 unspecified atom stereocenters. The van der Waals surface area contributed by atoms with Gasteiger partial charge >= 0.3 is 0 Å². The second kappa shape index (κ2) is 7.07. The molecule has 1 amide bonds. The summed E-state index contributed by atoms with van der Waals surface area (Å²) in [6.45, 7) is 5.71. The van der Waals surface area contributed by atoms with E-state index in [9.17, 15) is 4.79 Å². The summed E-state index contributed by atoms with van der Waals surface area (Å²) in [6.07, 6.45) is 8.79. The average molecular weight is 239 g/mol. The average Bonchev–Trinajstić information content (AvgIpc) is 2.33. The monoisotopic (exact) mass is 239 g/mol. The smallest absolute Gasteiger partial charge is 0.241 e. The van der Waals surface area contributed by atoms with Crippen molar-refractivity contribution in [3.05, 3.63) is 77.9 Å². The first-order chi connectivity index (χ1) is 8.58. The van der Waals surface area contributed by atoms with Crippen LogP contribution in [0, 0.1) is 0 Å². The molecule has 0 aliphatic heterocycles. The Morgan fingerprint density at radius 3 is 2.39 bits per heavy atom. The van der Waals surface area contributed by atoms with Gasteiger partial charge in [0, 0.05) is 6.08 Å². The van der Waals surface area contributed by atoms with Crippen LogP contribution in [0.4, 0.5) is 0 Å². The molecule has 18 heavy (non-hydrogen) atoms. The number of carbonyl (C=O) groups is 1. The zero-order valence-electron chi connectivity index (χ0n) is 10.5. The molecule has 2 heteroatoms. The van der Waals surface area contributed by atoms with E-state index in [0.717, 1.165) is 16.7 Å². The van der Waals surface area contributed by atoms with Gasteiger partial charge in [-0.05, 0) is 24.1 Å². The number of hydrogen-bond acceptors (Lipinski definition) is 1. The quantitative estimate of drug-likeness (QED) is 0.622. The Labute approximate surface area is 108 Å². The van der Waals surface area contributed by atoms with Crippen LogP contribution in [0.3, 0.4) is 0 Å². The normalized spacial score (nSPS) is 12.2. The number of benzene rings is 1. The van der Waals surface area contributed by atoms with Gasteiger partial charge in [0.05, 0.1) is 0 Å². The second-order valence-electron chi connectivity index (χ2n) is 3.97. The van der Waals surface area contributed by atoms with E-state index in [1.54, 1.807) is 6.08 Å². The number of hydrogen-bond donors (Lipinski definition) is 1. The van der Waals surface area contributed by atoms with Gasteiger partial charge in [-0.1, -0.05) is 60.7 Å². The van der Waals surface area contributed by atoms with Crippen LogP contribution >= 0.6 is 0 Å². The fraction of sp³-hybridized carbons (Fsp3) is 0.0625. The zero-order chi connectivity index (χ0) is 13.4. The van der Waals surface area contributed by atoms with E-state index < -0.39 is 5.91 Å². The molecule has 2 nitrogen and oxygen atoms in total. The third-order valence-corrected chi connectivity index (χ3v) is 2.12. The predicted octanol–water partition coefficient (Wildman–Crippen LogP) is 3.24. The maximum absolute atomic E-state index is 10.7. The number of rotatable bonds is 5. The van der Waals surface area contributed by atoms with Crippen molar-refractivity contribution in [3.63, 3.8) is 0 Å². The van der Waals surface area contributed by atoms with Crippen LogP contribution in [-0.4, -0.2) is 5.91 Å². The lowest BCUT2D eigenvalue weighted by Crippen LogP contribution is -2.05. The number of nitrogens with two attached hydrogens (primary N) is 1. The van der Waals surface area contributed by atoms with E-state index in [1.165, 1.54) is 6.08 Å². The minimum absolute atomic E-state index is 0.462. The van der Waals surface area contributed by atoms with Crippen molar-refractivity contribution < 1.29 is 4.79 Å². The molecular formula is C16H17NO. The molecule has 0 aromatic heterocycles. The summed E-state index contributed by atoms with van der Waals surface area (Å²) >= 11 is 0. The van der Waals surface area contributed by atoms with E-state index >= 15 is 0 Å². The van der Waals surface area contributed by atoms with Crippen molar-refractivity contribution in [2.45, 2.75) is 6.92 Å². The van der Waals surface area contributed by atoms with Crippen molar-refractivity contribution in [3.8, 4) is 0 Å². The highest BCUT2D eigenvalue weighted by atomic mass is 16.1. The van der Waals surface area contributed by atoms with Crippen molar-refractivity contribution in [1.82, 2.24) is 0 Å². The molecule has 92 valence electrons. The summed E-state index contributed by atoms with van der Waals surface area (Å²) < 4.78 is 0. The zero-order valence-corrected chi connectivity index (χ0v) is 10.5. The predicted molar refractivity (Wildman–Crippen MR) is 76.7 cm³/mol. The molecule has 0 bridgehead atoms. The van der Waals surface area contributed by atoms with E-state index in [0.29, 0.717) is 0 Å². The molecule has 1 aromatic rings. The Hall–Kier alpha value is -2.35. The van der Waals surface area contributed by atoms with Gasteiger partial charge in [0.1, 0.15) is 0 Å². The first-order valence-corrected chi connectivity index (χ1v) is 5.66. The van der Waals surface area contributed by atoms with Crippen molar-refractivity contribution >= 4 is 12.0 Å². The minimum atomic E-state index is -0.462. The van der Waals surface area contributed by atoms with Gasteiger partial charge in [-0.3, -0.25) is 4.79 Å². The van der Waals surface area contributed by atoms with E-state index in [1.807, 2.05) is 55.5 Å². The highest BCUT2D eigenvalue weighted by Gasteiger charge is 1.90. The fourth-order valence-electron chi connectivity index (χ4n) is 1.37. The van der Waals surface area contributed by atoms with Crippen molar-refractivity contribution in [2.75, 3.05) is 0 Å². The molecule has 0 radical (unpaired) electrons. The number of amides is 1. The fourth-order valence-corrected chi connectivity index (χ4v) is 1.37. The summed E-state index contributed by atoms with van der Waals surface area (Å²) in [5.41, 5.74) is 7.97. The van der Waals surface area contributed by atoms with Crippen LogP contribution < -0.4 is 5.73 Å². The van der Waals surface area contributed by atoms with Gasteiger partial charge in [0.15, 0.2) is 0 Å². The molecule has 1 rings (SSSR count). The standard InChI is InChI=1S/C16H17NO/c1-13(2)12-15(10-11-16(17)18)9-8-14-6-4-3-5-7-14/h3-12H,1H2,2H3,(H2,17,18). The van der Waals surface area contributed by atoms with Gasteiger partial charge in [-0.2, -0.15) is 0 Å². The van der Waals surface area contributed by atoms with Crippen LogP contribution in [0.1, 0.15) is 12.5 Å².